The molecule has 9 nitrogen and oxygen atoms in total. The lowest BCUT2D eigenvalue weighted by Gasteiger charge is -2.41. The Labute approximate surface area is 253 Å². The van der Waals surface area contributed by atoms with Crippen LogP contribution in [0.1, 0.15) is 49.4 Å². The fraction of sp³-hybridized carbons (Fsp3) is 0.375. The van der Waals surface area contributed by atoms with Gasteiger partial charge in [-0.3, -0.25) is 4.57 Å². The number of nitrogens with one attached hydrogen (secondary N) is 1. The van der Waals surface area contributed by atoms with Crippen molar-refractivity contribution in [1.82, 2.24) is 24.2 Å². The number of benzene rings is 2. The number of carbonyl (C=O) groups excluding carboxylic acids is 1. The fourth-order valence-corrected chi connectivity index (χ4v) is 6.00. The van der Waals surface area contributed by atoms with E-state index in [4.69, 9.17) is 0 Å². The molecule has 44 heavy (non-hydrogen) atoms. The van der Waals surface area contributed by atoms with E-state index in [1.807, 2.05) is 0 Å². The molecule has 2 heterocycles. The maximum atomic E-state index is 14.0. The van der Waals surface area contributed by atoms with Gasteiger partial charge in [0.1, 0.15) is 5.69 Å². The van der Waals surface area contributed by atoms with E-state index in [2.05, 4.69) is 37.5 Å². The molecule has 0 saturated heterocycles. The van der Waals surface area contributed by atoms with Crippen LogP contribution in [0.25, 0.3) is 22.8 Å². The summed E-state index contributed by atoms with van der Waals surface area (Å²) in [5, 5.41) is 16.6. The van der Waals surface area contributed by atoms with Crippen molar-refractivity contribution in [3.8, 4) is 28.8 Å². The predicted octanol–water partition coefficient (Wildman–Crippen LogP) is 5.66. The highest BCUT2D eigenvalue weighted by molar-refractivity contribution is 5.83. The molecule has 1 amide bonds. The minimum absolute atomic E-state index is 0.0142. The molecule has 1 fully saturated rings. The van der Waals surface area contributed by atoms with E-state index in [0.717, 1.165) is 58.0 Å². The van der Waals surface area contributed by atoms with Gasteiger partial charge in [-0.2, -0.15) is 23.5 Å². The van der Waals surface area contributed by atoms with Gasteiger partial charge in [-0.15, -0.1) is 0 Å². The number of imidazole rings is 1. The van der Waals surface area contributed by atoms with Crippen molar-refractivity contribution in [1.29, 1.82) is 5.26 Å². The van der Waals surface area contributed by atoms with Gasteiger partial charge in [0.2, 0.25) is 0 Å². The maximum Gasteiger partial charge on any atom is 0.416 e. The average Bonchev–Trinajstić information content (AvgIpc) is 3.58. The van der Waals surface area contributed by atoms with Crippen LogP contribution >= 0.6 is 0 Å². The number of alkyl halides is 3. The summed E-state index contributed by atoms with van der Waals surface area (Å²) in [6.07, 6.45) is 0.231. The second-order valence-electron chi connectivity index (χ2n) is 11.8. The third-order valence-corrected chi connectivity index (χ3v) is 8.87. The van der Waals surface area contributed by atoms with E-state index in [1.165, 1.54) is 23.0 Å². The summed E-state index contributed by atoms with van der Waals surface area (Å²) in [6.45, 7) is 4.74. The second-order valence-corrected chi connectivity index (χ2v) is 11.8. The van der Waals surface area contributed by atoms with Gasteiger partial charge in [0.25, 0.3) is 0 Å². The number of aromatic nitrogens is 4. The third kappa shape index (κ3) is 5.79. The SMILES string of the molecule is CC[N+](C)(C)[C@H]1CC[C@@H](NC(=O)n2c(-c3ccnn3-c3ccc(C#N)cc3)c(C)n(-c3cccc(C(F)(F)F)c3)c2=O)CC1. The number of hydrogen-bond acceptors (Lipinski definition) is 4. The normalized spacial score (nSPS) is 17.3. The summed E-state index contributed by atoms with van der Waals surface area (Å²) in [6, 6.07) is 14.4. The minimum Gasteiger partial charge on any atom is -0.335 e. The minimum atomic E-state index is -4.62. The molecule has 2 aromatic heterocycles. The number of carbonyl (C=O) groups is 1. The summed E-state index contributed by atoms with van der Waals surface area (Å²) in [5.41, 5.74) is 0.156. The fourth-order valence-electron chi connectivity index (χ4n) is 6.00. The molecule has 5 rings (SSSR count). The van der Waals surface area contributed by atoms with Crippen LogP contribution in [0, 0.1) is 18.3 Å². The highest BCUT2D eigenvalue weighted by Gasteiger charge is 2.34. The average molecular weight is 607 g/mol. The molecule has 1 N–H and O–H groups in total. The van der Waals surface area contributed by atoms with Crippen LogP contribution in [0.3, 0.4) is 0 Å². The van der Waals surface area contributed by atoms with Crippen LogP contribution in [0.4, 0.5) is 18.0 Å². The van der Waals surface area contributed by atoms with E-state index in [0.29, 0.717) is 23.0 Å². The lowest BCUT2D eigenvalue weighted by atomic mass is 9.89. The smallest absolute Gasteiger partial charge is 0.335 e. The predicted molar refractivity (Wildman–Crippen MR) is 160 cm³/mol. The number of hydrogen-bond donors (Lipinski definition) is 1. The van der Waals surface area contributed by atoms with Crippen molar-refractivity contribution in [2.45, 2.75) is 57.8 Å². The first-order valence-electron chi connectivity index (χ1n) is 14.6. The van der Waals surface area contributed by atoms with E-state index in [1.54, 1.807) is 37.3 Å². The molecular formula is C32H35F3N7O2+. The molecule has 1 aliphatic carbocycles. The molecule has 2 aromatic carbocycles. The van der Waals surface area contributed by atoms with Gasteiger partial charge in [-0.25, -0.2) is 18.8 Å². The van der Waals surface area contributed by atoms with Gasteiger partial charge < -0.3 is 9.80 Å². The lowest BCUT2D eigenvalue weighted by molar-refractivity contribution is -0.914. The van der Waals surface area contributed by atoms with Crippen molar-refractivity contribution in [2.75, 3.05) is 20.6 Å². The molecule has 0 radical (unpaired) electrons. The zero-order valence-corrected chi connectivity index (χ0v) is 25.1. The van der Waals surface area contributed by atoms with Crippen molar-refractivity contribution < 1.29 is 22.4 Å². The Hall–Kier alpha value is -4.63. The molecular weight excluding hydrogens is 571 g/mol. The van der Waals surface area contributed by atoms with E-state index in [9.17, 15) is 28.0 Å². The number of halogens is 3. The van der Waals surface area contributed by atoms with Crippen LogP contribution < -0.4 is 11.0 Å². The Bertz CT molecular complexity index is 1770. The summed E-state index contributed by atoms with van der Waals surface area (Å²) >= 11 is 0. The van der Waals surface area contributed by atoms with Crippen LogP contribution in [-0.2, 0) is 6.18 Å². The summed E-state index contributed by atoms with van der Waals surface area (Å²) in [7, 11) is 4.40. The van der Waals surface area contributed by atoms with Crippen molar-refractivity contribution >= 4 is 6.03 Å². The van der Waals surface area contributed by atoms with Crippen LogP contribution in [-0.4, -0.2) is 62.2 Å². The number of rotatable bonds is 6. The highest BCUT2D eigenvalue weighted by Crippen LogP contribution is 2.32. The van der Waals surface area contributed by atoms with Crippen LogP contribution in [0.15, 0.2) is 65.6 Å². The van der Waals surface area contributed by atoms with Gasteiger partial charge in [0.15, 0.2) is 0 Å². The molecule has 1 aliphatic rings. The Morgan fingerprint density at radius 2 is 1.75 bits per heavy atom. The van der Waals surface area contributed by atoms with Gasteiger partial charge in [0.05, 0.1) is 72.8 Å². The molecule has 0 spiro atoms. The lowest BCUT2D eigenvalue weighted by Crippen LogP contribution is -2.52. The largest absolute Gasteiger partial charge is 0.416 e. The number of amides is 1. The molecule has 1 saturated carbocycles. The Balaban J connectivity index is 1.60. The molecule has 12 heteroatoms. The van der Waals surface area contributed by atoms with Gasteiger partial charge in [-0.05, 0) is 75.2 Å². The van der Waals surface area contributed by atoms with Crippen molar-refractivity contribution in [3.05, 3.63) is 88.1 Å². The summed E-state index contributed by atoms with van der Waals surface area (Å²) in [5.74, 6) is 0. The zero-order valence-electron chi connectivity index (χ0n) is 25.1. The molecule has 0 aliphatic heterocycles. The van der Waals surface area contributed by atoms with E-state index in [-0.39, 0.29) is 23.1 Å². The first kappa shape index (κ1) is 30.8. The summed E-state index contributed by atoms with van der Waals surface area (Å²) < 4.78 is 45.4. The molecule has 4 aromatic rings. The summed E-state index contributed by atoms with van der Waals surface area (Å²) in [4.78, 5) is 27.9. The Kier molecular flexibility index (Phi) is 8.27. The molecule has 0 atom stereocenters. The van der Waals surface area contributed by atoms with Gasteiger partial charge in [0, 0.05) is 18.9 Å². The highest BCUT2D eigenvalue weighted by atomic mass is 19.4. The third-order valence-electron chi connectivity index (χ3n) is 8.87. The first-order chi connectivity index (χ1) is 20.9. The number of nitrogens with zero attached hydrogens (tertiary/aromatic N) is 6. The van der Waals surface area contributed by atoms with Gasteiger partial charge in [-0.1, -0.05) is 6.07 Å². The first-order valence-corrected chi connectivity index (χ1v) is 14.6. The van der Waals surface area contributed by atoms with E-state index >= 15 is 0 Å². The van der Waals surface area contributed by atoms with Crippen molar-refractivity contribution in [2.24, 2.45) is 0 Å². The second kappa shape index (κ2) is 11.8. The van der Waals surface area contributed by atoms with Crippen LogP contribution in [0.2, 0.25) is 0 Å². The topological polar surface area (TPSA) is 97.6 Å². The quantitative estimate of drug-likeness (QED) is 0.287. The maximum absolute atomic E-state index is 14.0. The van der Waals surface area contributed by atoms with Crippen molar-refractivity contribution in [3.63, 3.8) is 0 Å². The van der Waals surface area contributed by atoms with E-state index < -0.39 is 23.5 Å². The standard InChI is InChI=1S/C32H34F3N7O2/c1-5-42(3,4)27-15-11-24(12-16-27)38-30(43)40-29(28-17-18-37-41(28)25-13-9-22(20-36)10-14-25)21(2)39(31(40)44)26-8-6-7-23(19-26)32(33,34)35/h6-10,13-14,17-19,24,27H,5,11-12,15-16H2,1-4H3/p+1/t24-,27+. The monoisotopic (exact) mass is 606 g/mol. The van der Waals surface area contributed by atoms with Crippen LogP contribution in [0.5, 0.6) is 0 Å². The zero-order chi connectivity index (χ0) is 31.8. The Morgan fingerprint density at radius 1 is 1.07 bits per heavy atom. The molecule has 230 valence electrons. The Morgan fingerprint density at radius 3 is 2.36 bits per heavy atom. The molecule has 0 bridgehead atoms. The number of nitriles is 1. The van der Waals surface area contributed by atoms with Gasteiger partial charge >= 0.3 is 17.9 Å². The molecule has 0 unspecified atom stereocenters. The number of quaternary nitrogens is 1.